The van der Waals surface area contributed by atoms with Crippen molar-refractivity contribution in [2.24, 2.45) is 0 Å². The van der Waals surface area contributed by atoms with Crippen molar-refractivity contribution in [3.05, 3.63) is 53.9 Å². The summed E-state index contributed by atoms with van der Waals surface area (Å²) in [7, 11) is 0. The first-order valence-electron chi connectivity index (χ1n) is 5.41. The smallest absolute Gasteiger partial charge is 0.163 e. The van der Waals surface area contributed by atoms with Crippen LogP contribution >= 0.6 is 0 Å². The van der Waals surface area contributed by atoms with E-state index in [4.69, 9.17) is 0 Å². The molecule has 2 aromatic rings. The Morgan fingerprint density at radius 3 is 2.81 bits per heavy atom. The van der Waals surface area contributed by atoms with Crippen LogP contribution in [0.3, 0.4) is 0 Å². The highest BCUT2D eigenvalue weighted by Gasteiger charge is 2.19. The quantitative estimate of drug-likeness (QED) is 0.722. The van der Waals surface area contributed by atoms with Gasteiger partial charge in [0.2, 0.25) is 0 Å². The molecule has 0 aliphatic heterocycles. The Morgan fingerprint density at radius 1 is 1.06 bits per heavy atom. The highest BCUT2D eigenvalue weighted by molar-refractivity contribution is 6.00. The lowest BCUT2D eigenvalue weighted by molar-refractivity contribution is 0.0994. The summed E-state index contributed by atoms with van der Waals surface area (Å²) in [6.45, 7) is 0. The molecule has 0 fully saturated rings. The van der Waals surface area contributed by atoms with Gasteiger partial charge in [-0.25, -0.2) is 0 Å². The van der Waals surface area contributed by atoms with Gasteiger partial charge in [-0.05, 0) is 29.2 Å². The van der Waals surface area contributed by atoms with Gasteiger partial charge in [0.25, 0.3) is 0 Å². The monoisotopic (exact) mass is 209 g/mol. The van der Waals surface area contributed by atoms with Crippen LogP contribution in [0, 0.1) is 0 Å². The summed E-state index contributed by atoms with van der Waals surface area (Å²) in [6, 6.07) is 10.0. The lowest BCUT2D eigenvalue weighted by Crippen LogP contribution is -1.90. The van der Waals surface area contributed by atoms with Gasteiger partial charge in [0.1, 0.15) is 0 Å². The Bertz CT molecular complexity index is 546. The first-order valence-corrected chi connectivity index (χ1v) is 5.41. The first kappa shape index (κ1) is 9.28. The molecule has 1 aliphatic carbocycles. The molecule has 3 rings (SSSR count). The van der Waals surface area contributed by atoms with Crippen LogP contribution in [0.15, 0.2) is 42.7 Å². The number of aryl methyl sites for hydroxylation is 1. The molecule has 0 radical (unpaired) electrons. The summed E-state index contributed by atoms with van der Waals surface area (Å²) in [5.74, 6) is 0.271. The maximum atomic E-state index is 11.5. The maximum absolute atomic E-state index is 11.5. The fraction of sp³-hybridized carbons (Fsp3) is 0.143. The van der Waals surface area contributed by atoms with Gasteiger partial charge < -0.3 is 0 Å². The van der Waals surface area contributed by atoms with Crippen molar-refractivity contribution in [3.8, 4) is 11.1 Å². The molecular weight excluding hydrogens is 198 g/mol. The Labute approximate surface area is 94.0 Å². The van der Waals surface area contributed by atoms with Gasteiger partial charge in [0.15, 0.2) is 5.78 Å². The number of carbonyl (C=O) groups excluding carboxylic acids is 1. The highest BCUT2D eigenvalue weighted by Crippen LogP contribution is 2.27. The van der Waals surface area contributed by atoms with E-state index in [-0.39, 0.29) is 5.78 Å². The zero-order valence-corrected chi connectivity index (χ0v) is 8.81. The summed E-state index contributed by atoms with van der Waals surface area (Å²) in [4.78, 5) is 15.6. The molecule has 0 spiro atoms. The first-order chi connectivity index (χ1) is 7.84. The Hall–Kier alpha value is -1.96. The van der Waals surface area contributed by atoms with E-state index in [1.165, 1.54) is 5.56 Å². The van der Waals surface area contributed by atoms with Crippen molar-refractivity contribution < 1.29 is 4.79 Å². The molecule has 0 amide bonds. The second kappa shape index (κ2) is 3.56. The summed E-state index contributed by atoms with van der Waals surface area (Å²) in [6.07, 6.45) is 5.15. The molecule has 0 saturated heterocycles. The van der Waals surface area contributed by atoms with Crippen molar-refractivity contribution in [1.29, 1.82) is 0 Å². The van der Waals surface area contributed by atoms with Gasteiger partial charge >= 0.3 is 0 Å². The van der Waals surface area contributed by atoms with E-state index in [2.05, 4.69) is 11.1 Å². The SMILES string of the molecule is O=C1CCc2cc(-c3cccnc3)ccc21. The highest BCUT2D eigenvalue weighted by atomic mass is 16.1. The third kappa shape index (κ3) is 1.43. The normalized spacial score (nSPS) is 13.9. The van der Waals surface area contributed by atoms with E-state index in [0.29, 0.717) is 6.42 Å². The zero-order chi connectivity index (χ0) is 11.0. The maximum Gasteiger partial charge on any atom is 0.163 e. The van der Waals surface area contributed by atoms with Crippen LogP contribution in [0.4, 0.5) is 0 Å². The number of fused-ring (bicyclic) bond motifs is 1. The summed E-state index contributed by atoms with van der Waals surface area (Å²) in [5.41, 5.74) is 4.31. The average molecular weight is 209 g/mol. The van der Waals surface area contributed by atoms with Crippen molar-refractivity contribution in [1.82, 2.24) is 4.98 Å². The molecule has 1 aliphatic rings. The average Bonchev–Trinajstić information content (AvgIpc) is 2.72. The zero-order valence-electron chi connectivity index (χ0n) is 8.81. The van der Waals surface area contributed by atoms with Gasteiger partial charge in [-0.1, -0.05) is 24.3 Å². The molecule has 1 heterocycles. The molecule has 0 unspecified atom stereocenters. The van der Waals surface area contributed by atoms with E-state index in [1.807, 2.05) is 30.5 Å². The molecule has 78 valence electrons. The summed E-state index contributed by atoms with van der Waals surface area (Å²) >= 11 is 0. The predicted octanol–water partition coefficient (Wildman–Crippen LogP) is 2.88. The number of hydrogen-bond acceptors (Lipinski definition) is 2. The predicted molar refractivity (Wildman–Crippen MR) is 62.3 cm³/mol. The van der Waals surface area contributed by atoms with Crippen LogP contribution in [0.2, 0.25) is 0 Å². The second-order valence-electron chi connectivity index (χ2n) is 4.04. The number of ketones is 1. The summed E-state index contributed by atoms with van der Waals surface area (Å²) in [5, 5.41) is 0. The minimum absolute atomic E-state index is 0.271. The van der Waals surface area contributed by atoms with E-state index < -0.39 is 0 Å². The van der Waals surface area contributed by atoms with Gasteiger partial charge in [0.05, 0.1) is 0 Å². The standard InChI is InChI=1S/C14H11NO/c16-14-6-4-11-8-10(3-5-13(11)14)12-2-1-7-15-9-12/h1-3,5,7-9H,4,6H2. The molecule has 1 aromatic carbocycles. The Kier molecular flexibility index (Phi) is 2.07. The summed E-state index contributed by atoms with van der Waals surface area (Å²) < 4.78 is 0. The largest absolute Gasteiger partial charge is 0.294 e. The number of nitrogens with zero attached hydrogens (tertiary/aromatic N) is 1. The van der Waals surface area contributed by atoms with E-state index >= 15 is 0 Å². The number of pyridine rings is 1. The lowest BCUT2D eigenvalue weighted by Gasteiger charge is -2.03. The third-order valence-corrected chi connectivity index (χ3v) is 3.02. The van der Waals surface area contributed by atoms with Gasteiger partial charge in [0, 0.05) is 24.4 Å². The van der Waals surface area contributed by atoms with Gasteiger partial charge in [-0.15, -0.1) is 0 Å². The molecule has 0 saturated carbocycles. The number of benzene rings is 1. The van der Waals surface area contributed by atoms with Crippen LogP contribution < -0.4 is 0 Å². The molecule has 16 heavy (non-hydrogen) atoms. The molecule has 2 nitrogen and oxygen atoms in total. The number of rotatable bonds is 1. The van der Waals surface area contributed by atoms with Crippen LogP contribution in [0.5, 0.6) is 0 Å². The minimum atomic E-state index is 0.271. The van der Waals surface area contributed by atoms with Crippen LogP contribution in [0.25, 0.3) is 11.1 Å². The van der Waals surface area contributed by atoms with Crippen molar-refractivity contribution in [2.75, 3.05) is 0 Å². The van der Waals surface area contributed by atoms with Crippen molar-refractivity contribution in [2.45, 2.75) is 12.8 Å². The van der Waals surface area contributed by atoms with E-state index in [0.717, 1.165) is 23.1 Å². The fourth-order valence-corrected chi connectivity index (χ4v) is 2.17. The second-order valence-corrected chi connectivity index (χ2v) is 4.04. The molecule has 2 heteroatoms. The van der Waals surface area contributed by atoms with Gasteiger partial charge in [-0.2, -0.15) is 0 Å². The molecular formula is C14H11NO. The van der Waals surface area contributed by atoms with Crippen LogP contribution in [0.1, 0.15) is 22.3 Å². The number of hydrogen-bond donors (Lipinski definition) is 0. The van der Waals surface area contributed by atoms with Gasteiger partial charge in [-0.3, -0.25) is 9.78 Å². The number of aromatic nitrogens is 1. The minimum Gasteiger partial charge on any atom is -0.294 e. The van der Waals surface area contributed by atoms with E-state index in [1.54, 1.807) is 6.20 Å². The number of Topliss-reactive ketones (excluding diaryl/α,β-unsaturated/α-hetero) is 1. The Balaban J connectivity index is 2.09. The topological polar surface area (TPSA) is 30.0 Å². The van der Waals surface area contributed by atoms with E-state index in [9.17, 15) is 4.79 Å². The lowest BCUT2D eigenvalue weighted by atomic mass is 10.0. The molecule has 0 atom stereocenters. The van der Waals surface area contributed by atoms with Crippen LogP contribution in [-0.4, -0.2) is 10.8 Å². The van der Waals surface area contributed by atoms with Crippen LogP contribution in [-0.2, 0) is 6.42 Å². The molecule has 0 bridgehead atoms. The van der Waals surface area contributed by atoms with Crippen molar-refractivity contribution in [3.63, 3.8) is 0 Å². The molecule has 1 aromatic heterocycles. The molecule has 0 N–H and O–H groups in total. The third-order valence-electron chi connectivity index (χ3n) is 3.02. The van der Waals surface area contributed by atoms with Crippen molar-refractivity contribution >= 4 is 5.78 Å². The Morgan fingerprint density at radius 2 is 2.00 bits per heavy atom. The number of carbonyl (C=O) groups is 1. The fourth-order valence-electron chi connectivity index (χ4n) is 2.17.